The highest BCUT2D eigenvalue weighted by Gasteiger charge is 2.12. The number of amides is 1. The molecule has 7 heteroatoms. The molecule has 0 saturated carbocycles. The van der Waals surface area contributed by atoms with E-state index in [1.165, 1.54) is 12.1 Å². The largest absolute Gasteiger partial charge is 0.508 e. The second-order valence-corrected chi connectivity index (χ2v) is 3.93. The molecule has 1 aromatic carbocycles. The average Bonchev–Trinajstić information content (AvgIpc) is 2.81. The molecule has 4 N–H and O–H groups in total. The number of phenolic OH excluding ortho intramolecular Hbond substituents is 1. The number of aromatic nitrogens is 2. The number of nitrogens with one attached hydrogen (secondary N) is 2. The van der Waals surface area contributed by atoms with E-state index in [0.29, 0.717) is 5.56 Å². The van der Waals surface area contributed by atoms with Crippen molar-refractivity contribution in [3.63, 3.8) is 0 Å². The molecule has 19 heavy (non-hydrogen) atoms. The van der Waals surface area contributed by atoms with E-state index in [-0.39, 0.29) is 22.8 Å². The van der Waals surface area contributed by atoms with Crippen LogP contribution in [-0.2, 0) is 0 Å². The van der Waals surface area contributed by atoms with Gasteiger partial charge in [0.1, 0.15) is 11.4 Å². The van der Waals surface area contributed by atoms with Crippen LogP contribution < -0.4 is 5.32 Å². The third-order valence-electron chi connectivity index (χ3n) is 2.52. The van der Waals surface area contributed by atoms with E-state index in [2.05, 4.69) is 15.5 Å². The molecule has 1 amide bonds. The van der Waals surface area contributed by atoms with Crippen molar-refractivity contribution in [1.29, 1.82) is 0 Å². The van der Waals surface area contributed by atoms with Gasteiger partial charge in [-0.3, -0.25) is 9.89 Å². The van der Waals surface area contributed by atoms with Crippen LogP contribution >= 0.6 is 0 Å². The topological polar surface area (TPSA) is 115 Å². The Hall–Kier alpha value is -2.83. The Morgan fingerprint density at radius 2 is 2.05 bits per heavy atom. The Balaban J connectivity index is 2.15. The number of phenols is 1. The number of rotatable bonds is 3. The third kappa shape index (κ3) is 2.71. The highest BCUT2D eigenvalue weighted by atomic mass is 16.4. The van der Waals surface area contributed by atoms with Gasteiger partial charge in [0.05, 0.1) is 0 Å². The molecule has 0 aliphatic rings. The van der Waals surface area contributed by atoms with Gasteiger partial charge in [0.15, 0.2) is 5.82 Å². The minimum Gasteiger partial charge on any atom is -0.508 e. The lowest BCUT2D eigenvalue weighted by atomic mass is 10.1. The number of carbonyl (C=O) groups excluding carboxylic acids is 1. The number of carboxylic acids is 1. The van der Waals surface area contributed by atoms with Crippen LogP contribution in [0.2, 0.25) is 0 Å². The lowest BCUT2D eigenvalue weighted by Crippen LogP contribution is -2.12. The van der Waals surface area contributed by atoms with E-state index in [9.17, 15) is 14.7 Å². The first-order valence-electron chi connectivity index (χ1n) is 5.37. The van der Waals surface area contributed by atoms with Gasteiger partial charge in [0, 0.05) is 11.6 Å². The van der Waals surface area contributed by atoms with Gasteiger partial charge >= 0.3 is 5.97 Å². The lowest BCUT2D eigenvalue weighted by Gasteiger charge is -2.04. The van der Waals surface area contributed by atoms with E-state index in [0.717, 1.165) is 0 Å². The van der Waals surface area contributed by atoms with Gasteiger partial charge in [-0.25, -0.2) is 4.79 Å². The number of carboxylic acid groups (broad SMARTS) is 1. The summed E-state index contributed by atoms with van der Waals surface area (Å²) in [6.07, 6.45) is 0. The molecule has 1 aromatic heterocycles. The van der Waals surface area contributed by atoms with Crippen molar-refractivity contribution in [2.45, 2.75) is 6.92 Å². The number of aromatic hydroxyl groups is 1. The summed E-state index contributed by atoms with van der Waals surface area (Å²) in [6.45, 7) is 1.71. The molecule has 0 atom stereocenters. The van der Waals surface area contributed by atoms with Crippen molar-refractivity contribution in [1.82, 2.24) is 10.2 Å². The number of aromatic carboxylic acids is 1. The highest BCUT2D eigenvalue weighted by Crippen LogP contribution is 2.18. The maximum absolute atomic E-state index is 11.8. The molecule has 7 nitrogen and oxygen atoms in total. The Bertz CT molecular complexity index is 648. The molecule has 2 aromatic rings. The Morgan fingerprint density at radius 3 is 2.63 bits per heavy atom. The van der Waals surface area contributed by atoms with Crippen LogP contribution in [0.3, 0.4) is 0 Å². The molecule has 0 unspecified atom stereocenters. The van der Waals surface area contributed by atoms with Crippen LogP contribution in [0.5, 0.6) is 5.75 Å². The summed E-state index contributed by atoms with van der Waals surface area (Å²) < 4.78 is 0. The summed E-state index contributed by atoms with van der Waals surface area (Å²) in [4.78, 5) is 22.5. The number of hydrogen-bond donors (Lipinski definition) is 4. The van der Waals surface area contributed by atoms with Gasteiger partial charge in [-0.05, 0) is 24.6 Å². The fraction of sp³-hybridized carbons (Fsp3) is 0.0833. The quantitative estimate of drug-likeness (QED) is 0.666. The van der Waals surface area contributed by atoms with Crippen molar-refractivity contribution < 1.29 is 19.8 Å². The molecule has 0 aliphatic carbocycles. The van der Waals surface area contributed by atoms with Crippen molar-refractivity contribution >= 4 is 17.7 Å². The van der Waals surface area contributed by atoms with E-state index in [4.69, 9.17) is 5.11 Å². The number of nitrogens with zero attached hydrogens (tertiary/aromatic N) is 1. The summed E-state index contributed by atoms with van der Waals surface area (Å²) in [5.41, 5.74) is 0.787. The normalized spacial score (nSPS) is 10.2. The molecule has 0 bridgehead atoms. The fourth-order valence-corrected chi connectivity index (χ4v) is 1.43. The number of benzene rings is 1. The van der Waals surface area contributed by atoms with Crippen molar-refractivity contribution in [2.75, 3.05) is 5.32 Å². The Morgan fingerprint density at radius 1 is 1.32 bits per heavy atom. The number of carbonyl (C=O) groups is 2. The average molecular weight is 261 g/mol. The Labute approximate surface area is 107 Å². The number of aryl methyl sites for hydroxylation is 1. The summed E-state index contributed by atoms with van der Waals surface area (Å²) >= 11 is 0. The van der Waals surface area contributed by atoms with Crippen LogP contribution in [0.4, 0.5) is 5.82 Å². The SMILES string of the molecule is Cc1ccc(C(=O)Nc2cc(C(=O)O)[nH]n2)cc1O. The van der Waals surface area contributed by atoms with Gasteiger partial charge < -0.3 is 15.5 Å². The van der Waals surface area contributed by atoms with Crippen LogP contribution in [0, 0.1) is 6.92 Å². The number of H-pyrrole nitrogens is 1. The van der Waals surface area contributed by atoms with Gasteiger partial charge in [-0.15, -0.1) is 0 Å². The molecule has 0 saturated heterocycles. The van der Waals surface area contributed by atoms with Gasteiger partial charge in [-0.1, -0.05) is 6.07 Å². The second kappa shape index (κ2) is 4.81. The fourth-order valence-electron chi connectivity index (χ4n) is 1.43. The Kier molecular flexibility index (Phi) is 3.19. The zero-order valence-electron chi connectivity index (χ0n) is 9.97. The number of hydrogen-bond acceptors (Lipinski definition) is 4. The first-order chi connectivity index (χ1) is 8.97. The molecular weight excluding hydrogens is 250 g/mol. The van der Waals surface area contributed by atoms with E-state index < -0.39 is 11.9 Å². The minimum absolute atomic E-state index is 0.0147. The van der Waals surface area contributed by atoms with Crippen molar-refractivity contribution in [3.8, 4) is 5.75 Å². The molecule has 98 valence electrons. The maximum atomic E-state index is 11.8. The molecule has 0 radical (unpaired) electrons. The molecule has 0 aliphatic heterocycles. The summed E-state index contributed by atoms with van der Waals surface area (Å²) in [5, 5.41) is 26.5. The first kappa shape index (κ1) is 12.6. The van der Waals surface area contributed by atoms with Gasteiger partial charge in [-0.2, -0.15) is 5.10 Å². The molecular formula is C12H11N3O4. The highest BCUT2D eigenvalue weighted by molar-refractivity contribution is 6.04. The standard InChI is InChI=1S/C12H11N3O4/c1-6-2-3-7(4-9(6)16)11(17)13-10-5-8(12(18)19)14-15-10/h2-5,16H,1H3,(H,18,19)(H2,13,14,15,17). The molecule has 0 fully saturated rings. The zero-order valence-corrected chi connectivity index (χ0v) is 9.97. The summed E-state index contributed by atoms with van der Waals surface area (Å²) in [7, 11) is 0. The molecule has 2 rings (SSSR count). The van der Waals surface area contributed by atoms with Crippen LogP contribution in [-0.4, -0.2) is 32.3 Å². The lowest BCUT2D eigenvalue weighted by molar-refractivity contribution is 0.0690. The van der Waals surface area contributed by atoms with E-state index in [1.54, 1.807) is 19.1 Å². The number of anilines is 1. The molecule has 0 spiro atoms. The van der Waals surface area contributed by atoms with Gasteiger partial charge in [0.2, 0.25) is 0 Å². The molecule has 1 heterocycles. The van der Waals surface area contributed by atoms with Gasteiger partial charge in [0.25, 0.3) is 5.91 Å². The van der Waals surface area contributed by atoms with Crippen LogP contribution in [0.25, 0.3) is 0 Å². The first-order valence-corrected chi connectivity index (χ1v) is 5.37. The second-order valence-electron chi connectivity index (χ2n) is 3.93. The van der Waals surface area contributed by atoms with Crippen molar-refractivity contribution in [2.24, 2.45) is 0 Å². The number of aromatic amines is 1. The predicted octanol–water partition coefficient (Wildman–Crippen LogP) is 1.37. The zero-order chi connectivity index (χ0) is 14.0. The minimum atomic E-state index is -1.17. The van der Waals surface area contributed by atoms with E-state index in [1.807, 2.05) is 0 Å². The summed E-state index contributed by atoms with van der Waals surface area (Å²) in [6, 6.07) is 5.69. The van der Waals surface area contributed by atoms with Crippen LogP contribution in [0.15, 0.2) is 24.3 Å². The predicted molar refractivity (Wildman–Crippen MR) is 66.3 cm³/mol. The van der Waals surface area contributed by atoms with E-state index >= 15 is 0 Å². The van der Waals surface area contributed by atoms with Crippen molar-refractivity contribution in [3.05, 3.63) is 41.1 Å². The van der Waals surface area contributed by atoms with Crippen LogP contribution in [0.1, 0.15) is 26.4 Å². The maximum Gasteiger partial charge on any atom is 0.353 e. The summed E-state index contributed by atoms with van der Waals surface area (Å²) in [5.74, 6) is -1.54. The third-order valence-corrected chi connectivity index (χ3v) is 2.52. The monoisotopic (exact) mass is 261 g/mol. The smallest absolute Gasteiger partial charge is 0.353 e.